The second-order valence-corrected chi connectivity index (χ2v) is 5.58. The van der Waals surface area contributed by atoms with Crippen LogP contribution in [-0.2, 0) is 6.54 Å². The molecule has 0 aliphatic carbocycles. The van der Waals surface area contributed by atoms with Gasteiger partial charge >= 0.3 is 0 Å². The normalized spacial score (nSPS) is 11.4. The highest BCUT2D eigenvalue weighted by Crippen LogP contribution is 2.25. The summed E-state index contributed by atoms with van der Waals surface area (Å²) in [6, 6.07) is 3.51. The molecule has 2 rings (SSSR count). The number of thiol groups is 1. The lowest BCUT2D eigenvalue weighted by Gasteiger charge is -2.09. The molecule has 0 saturated heterocycles. The molecule has 3 nitrogen and oxygen atoms in total. The van der Waals surface area contributed by atoms with E-state index in [4.69, 9.17) is 11.6 Å². The van der Waals surface area contributed by atoms with Crippen LogP contribution in [0.4, 0.5) is 0 Å². The number of fused-ring (bicyclic) bond motifs is 1. The van der Waals surface area contributed by atoms with Crippen molar-refractivity contribution in [3.8, 4) is 0 Å². The molecule has 1 aromatic heterocycles. The first kappa shape index (κ1) is 13.4. The summed E-state index contributed by atoms with van der Waals surface area (Å²) in [6.07, 6.45) is 2.52. The van der Waals surface area contributed by atoms with Crippen LogP contribution in [0.2, 0.25) is 5.02 Å². The average Bonchev–Trinajstić information content (AvgIpc) is 2.32. The molecule has 0 atom stereocenters. The smallest absolute Gasteiger partial charge is 0.262 e. The van der Waals surface area contributed by atoms with E-state index in [0.29, 0.717) is 33.3 Å². The van der Waals surface area contributed by atoms with Crippen LogP contribution in [0.1, 0.15) is 20.3 Å². The van der Waals surface area contributed by atoms with Crippen molar-refractivity contribution >= 4 is 35.1 Å². The van der Waals surface area contributed by atoms with Gasteiger partial charge < -0.3 is 0 Å². The Labute approximate surface area is 116 Å². The highest BCUT2D eigenvalue weighted by Gasteiger charge is 2.10. The zero-order valence-corrected chi connectivity index (χ0v) is 12.0. The Balaban J connectivity index is 2.56. The number of nitrogens with zero attached hydrogens (tertiary/aromatic N) is 2. The van der Waals surface area contributed by atoms with Crippen molar-refractivity contribution in [3.63, 3.8) is 0 Å². The van der Waals surface area contributed by atoms with E-state index in [1.165, 1.54) is 0 Å². The Hall–Kier alpha value is -1.00. The van der Waals surface area contributed by atoms with Crippen LogP contribution in [0.5, 0.6) is 0 Å². The van der Waals surface area contributed by atoms with Crippen LogP contribution in [0.15, 0.2) is 28.2 Å². The number of benzene rings is 1. The maximum absolute atomic E-state index is 12.3. The van der Waals surface area contributed by atoms with Gasteiger partial charge in [-0.3, -0.25) is 9.36 Å². The van der Waals surface area contributed by atoms with Gasteiger partial charge in [0.1, 0.15) is 0 Å². The Morgan fingerprint density at radius 2 is 2.17 bits per heavy atom. The predicted molar refractivity (Wildman–Crippen MR) is 77.7 cm³/mol. The second-order valence-electron chi connectivity index (χ2n) is 4.72. The molecule has 2 aromatic rings. The van der Waals surface area contributed by atoms with E-state index < -0.39 is 0 Å². The SMILES string of the molecule is CC(C)CCn1cnc2ccc(S)c(Cl)c2c1=O. The first-order valence-corrected chi connectivity index (χ1v) is 6.70. The van der Waals surface area contributed by atoms with Gasteiger partial charge in [0.2, 0.25) is 0 Å². The van der Waals surface area contributed by atoms with Crippen LogP contribution >= 0.6 is 24.2 Å². The Bertz CT molecular complexity index is 637. The van der Waals surface area contributed by atoms with E-state index in [1.807, 2.05) is 0 Å². The molecule has 5 heteroatoms. The molecular weight excluding hydrogens is 268 g/mol. The van der Waals surface area contributed by atoms with Gasteiger partial charge in [-0.15, -0.1) is 12.6 Å². The third-order valence-corrected chi connectivity index (χ3v) is 3.75. The topological polar surface area (TPSA) is 34.9 Å². The van der Waals surface area contributed by atoms with Gasteiger partial charge in [-0.05, 0) is 24.5 Å². The van der Waals surface area contributed by atoms with Gasteiger partial charge in [0.25, 0.3) is 5.56 Å². The van der Waals surface area contributed by atoms with Gasteiger partial charge in [-0.1, -0.05) is 25.4 Å². The highest BCUT2D eigenvalue weighted by molar-refractivity contribution is 7.80. The minimum atomic E-state index is -0.0958. The molecule has 0 aliphatic heterocycles. The van der Waals surface area contributed by atoms with Gasteiger partial charge in [0, 0.05) is 11.4 Å². The lowest BCUT2D eigenvalue weighted by molar-refractivity contribution is 0.506. The summed E-state index contributed by atoms with van der Waals surface area (Å²) < 4.78 is 1.61. The second kappa shape index (κ2) is 5.33. The fourth-order valence-electron chi connectivity index (χ4n) is 1.75. The average molecular weight is 283 g/mol. The van der Waals surface area contributed by atoms with E-state index in [0.717, 1.165) is 6.42 Å². The maximum Gasteiger partial charge on any atom is 0.262 e. The molecule has 1 aromatic carbocycles. The molecule has 0 amide bonds. The first-order valence-electron chi connectivity index (χ1n) is 5.87. The molecule has 0 spiro atoms. The summed E-state index contributed by atoms with van der Waals surface area (Å²) in [6.45, 7) is 4.91. The lowest BCUT2D eigenvalue weighted by Crippen LogP contribution is -2.21. The maximum atomic E-state index is 12.3. The number of aromatic nitrogens is 2. The molecular formula is C13H15ClN2OS. The largest absolute Gasteiger partial charge is 0.299 e. The zero-order valence-electron chi connectivity index (χ0n) is 10.4. The zero-order chi connectivity index (χ0) is 13.3. The Kier molecular flexibility index (Phi) is 3.97. The van der Waals surface area contributed by atoms with Crippen molar-refractivity contribution in [1.29, 1.82) is 0 Å². The summed E-state index contributed by atoms with van der Waals surface area (Å²) in [5.74, 6) is 0.541. The van der Waals surface area contributed by atoms with Gasteiger partial charge in [-0.25, -0.2) is 4.98 Å². The van der Waals surface area contributed by atoms with Gasteiger partial charge in [0.15, 0.2) is 0 Å². The van der Waals surface area contributed by atoms with Crippen molar-refractivity contribution in [2.45, 2.75) is 31.7 Å². The van der Waals surface area contributed by atoms with E-state index >= 15 is 0 Å². The highest BCUT2D eigenvalue weighted by atomic mass is 35.5. The number of halogens is 1. The summed E-state index contributed by atoms with van der Waals surface area (Å²) in [7, 11) is 0. The molecule has 0 N–H and O–H groups in total. The third kappa shape index (κ3) is 2.54. The molecule has 0 aliphatic rings. The molecule has 0 saturated carbocycles. The van der Waals surface area contributed by atoms with Crippen LogP contribution in [-0.4, -0.2) is 9.55 Å². The fraction of sp³-hybridized carbons (Fsp3) is 0.385. The molecule has 0 radical (unpaired) electrons. The molecule has 18 heavy (non-hydrogen) atoms. The van der Waals surface area contributed by atoms with Crippen molar-refractivity contribution in [2.75, 3.05) is 0 Å². The monoisotopic (exact) mass is 282 g/mol. The predicted octanol–water partition coefficient (Wildman–Crippen LogP) is 3.38. The van der Waals surface area contributed by atoms with E-state index in [1.54, 1.807) is 23.0 Å². The molecule has 0 fully saturated rings. The Morgan fingerprint density at radius 3 is 2.83 bits per heavy atom. The van der Waals surface area contributed by atoms with Crippen LogP contribution < -0.4 is 5.56 Å². The van der Waals surface area contributed by atoms with Crippen LogP contribution in [0, 0.1) is 5.92 Å². The minimum absolute atomic E-state index is 0.0958. The number of hydrogen-bond acceptors (Lipinski definition) is 3. The lowest BCUT2D eigenvalue weighted by atomic mass is 10.1. The molecule has 0 bridgehead atoms. The van der Waals surface area contributed by atoms with Crippen molar-refractivity contribution in [3.05, 3.63) is 33.8 Å². The van der Waals surface area contributed by atoms with E-state index in [-0.39, 0.29) is 5.56 Å². The summed E-state index contributed by atoms with van der Waals surface area (Å²) >= 11 is 10.4. The standard InChI is InChI=1S/C13H15ClN2OS/c1-8(2)5-6-16-7-15-9-3-4-10(18)12(14)11(9)13(16)17/h3-4,7-8,18H,5-6H2,1-2H3. The number of hydrogen-bond donors (Lipinski definition) is 1. The van der Waals surface area contributed by atoms with Crippen molar-refractivity contribution in [1.82, 2.24) is 9.55 Å². The van der Waals surface area contributed by atoms with Crippen LogP contribution in [0.25, 0.3) is 10.9 Å². The molecule has 0 unspecified atom stereocenters. The molecule has 96 valence electrons. The fourth-order valence-corrected chi connectivity index (χ4v) is 2.18. The quantitative estimate of drug-likeness (QED) is 0.876. The van der Waals surface area contributed by atoms with Crippen LogP contribution in [0.3, 0.4) is 0 Å². The number of aryl methyl sites for hydroxylation is 1. The van der Waals surface area contributed by atoms with Gasteiger partial charge in [0.05, 0.1) is 22.3 Å². The van der Waals surface area contributed by atoms with E-state index in [9.17, 15) is 4.79 Å². The van der Waals surface area contributed by atoms with Crippen molar-refractivity contribution in [2.24, 2.45) is 5.92 Å². The summed E-state index contributed by atoms with van der Waals surface area (Å²) in [5.41, 5.74) is 0.519. The third-order valence-electron chi connectivity index (χ3n) is 2.86. The number of rotatable bonds is 3. The first-order chi connectivity index (χ1) is 8.50. The van der Waals surface area contributed by atoms with Gasteiger partial charge in [-0.2, -0.15) is 0 Å². The summed E-state index contributed by atoms with van der Waals surface area (Å²) in [5, 5.41) is 0.836. The summed E-state index contributed by atoms with van der Waals surface area (Å²) in [4.78, 5) is 17.2. The van der Waals surface area contributed by atoms with Crippen molar-refractivity contribution < 1.29 is 0 Å². The van der Waals surface area contributed by atoms with E-state index in [2.05, 4.69) is 31.5 Å². The molecule has 1 heterocycles. The Morgan fingerprint density at radius 1 is 1.44 bits per heavy atom. The minimum Gasteiger partial charge on any atom is -0.299 e.